The Bertz CT molecular complexity index is 663. The first-order valence-electron chi connectivity index (χ1n) is 5.28. The first-order chi connectivity index (χ1) is 9.48. The van der Waals surface area contributed by atoms with E-state index in [-0.39, 0.29) is 9.86 Å². The molecule has 0 N–H and O–H groups in total. The molecule has 0 bridgehead atoms. The number of rotatable bonds is 1. The van der Waals surface area contributed by atoms with Gasteiger partial charge < -0.3 is 0 Å². The molecule has 0 unspecified atom stereocenters. The van der Waals surface area contributed by atoms with Crippen LogP contribution in [0.15, 0.2) is 28.9 Å². The van der Waals surface area contributed by atoms with Crippen molar-refractivity contribution in [2.45, 2.75) is 18.0 Å². The second-order valence-electron chi connectivity index (χ2n) is 4.08. The average molecular weight is 375 g/mol. The fourth-order valence-corrected chi connectivity index (χ4v) is 2.25. The van der Waals surface area contributed by atoms with Crippen LogP contribution in [0.4, 0.5) is 30.7 Å². The third-order valence-electron chi connectivity index (χ3n) is 2.74. The number of nitrogens with zero attached hydrogens (tertiary/aromatic N) is 1. The minimum absolute atomic E-state index is 0.169. The van der Waals surface area contributed by atoms with Gasteiger partial charge in [0.05, 0.1) is 5.52 Å². The molecule has 0 aliphatic carbocycles. The number of aromatic nitrogens is 1. The lowest BCUT2D eigenvalue weighted by molar-refractivity contribution is -0.348. The lowest BCUT2D eigenvalue weighted by Gasteiger charge is -2.30. The highest BCUT2D eigenvalue weighted by Gasteiger charge is 2.74. The minimum Gasteiger partial charge on any atom is -0.256 e. The average Bonchev–Trinajstić information content (AvgIpc) is 2.34. The van der Waals surface area contributed by atoms with Gasteiger partial charge >= 0.3 is 18.0 Å². The molecule has 1 aromatic heterocycles. The smallest absolute Gasteiger partial charge is 0.256 e. The van der Waals surface area contributed by atoms with Crippen molar-refractivity contribution >= 4 is 26.8 Å². The summed E-state index contributed by atoms with van der Waals surface area (Å²) in [6, 6.07) is 5.32. The number of halogens is 8. The van der Waals surface area contributed by atoms with Crippen LogP contribution >= 0.6 is 15.9 Å². The zero-order valence-corrected chi connectivity index (χ0v) is 11.4. The van der Waals surface area contributed by atoms with Gasteiger partial charge in [-0.05, 0) is 12.1 Å². The lowest BCUT2D eigenvalue weighted by atomic mass is 9.92. The van der Waals surface area contributed by atoms with Crippen molar-refractivity contribution in [3.63, 3.8) is 0 Å². The zero-order chi connectivity index (χ0) is 16.1. The Morgan fingerprint density at radius 2 is 1.57 bits per heavy atom. The first kappa shape index (κ1) is 16.0. The second-order valence-corrected chi connectivity index (χ2v) is 4.94. The van der Waals surface area contributed by atoms with Crippen LogP contribution in [0, 0.1) is 6.07 Å². The third-order valence-corrected chi connectivity index (χ3v) is 3.17. The SMILES string of the molecule is FC(F)(F)C(F)(c1cc(Br)[c]c2cccnc12)C(F)(F)F. The van der Waals surface area contributed by atoms with Gasteiger partial charge in [0.15, 0.2) is 0 Å². The quantitative estimate of drug-likeness (QED) is 0.633. The van der Waals surface area contributed by atoms with Crippen LogP contribution in [-0.2, 0) is 5.67 Å². The molecular formula is C12H4BrF7N. The monoisotopic (exact) mass is 374 g/mol. The fraction of sp³-hybridized carbons (Fsp3) is 0.250. The summed E-state index contributed by atoms with van der Waals surface area (Å²) in [5.74, 6) is 0. The van der Waals surface area contributed by atoms with Crippen molar-refractivity contribution in [1.29, 1.82) is 0 Å². The largest absolute Gasteiger partial charge is 0.436 e. The maximum atomic E-state index is 14.1. The molecule has 0 aliphatic heterocycles. The molecule has 1 nitrogen and oxygen atoms in total. The van der Waals surface area contributed by atoms with Gasteiger partial charge in [-0.2, -0.15) is 26.3 Å². The summed E-state index contributed by atoms with van der Waals surface area (Å²) >= 11 is 2.72. The van der Waals surface area contributed by atoms with Gasteiger partial charge in [-0.15, -0.1) is 0 Å². The summed E-state index contributed by atoms with van der Waals surface area (Å²) in [4.78, 5) is 3.42. The van der Waals surface area contributed by atoms with Crippen molar-refractivity contribution in [1.82, 2.24) is 4.98 Å². The molecule has 0 spiro atoms. The van der Waals surface area contributed by atoms with E-state index in [2.05, 4.69) is 27.0 Å². The van der Waals surface area contributed by atoms with Crippen LogP contribution in [-0.4, -0.2) is 17.3 Å². The standard InChI is InChI=1S/C12H4BrF7N/c13-7-4-6-2-1-3-21-9(6)8(5-7)10(14,11(15,16)17)12(18,19)20/h1-3,5H. The first-order valence-corrected chi connectivity index (χ1v) is 6.07. The van der Waals surface area contributed by atoms with E-state index in [0.29, 0.717) is 6.07 Å². The van der Waals surface area contributed by atoms with Crippen LogP contribution in [0.25, 0.3) is 10.9 Å². The van der Waals surface area contributed by atoms with E-state index in [9.17, 15) is 30.7 Å². The van der Waals surface area contributed by atoms with E-state index in [1.54, 1.807) is 0 Å². The van der Waals surface area contributed by atoms with Gasteiger partial charge in [0.25, 0.3) is 0 Å². The molecule has 0 fully saturated rings. The number of hydrogen-bond donors (Lipinski definition) is 0. The highest BCUT2D eigenvalue weighted by molar-refractivity contribution is 9.10. The molecule has 0 saturated carbocycles. The molecule has 2 aromatic rings. The van der Waals surface area contributed by atoms with E-state index >= 15 is 0 Å². The van der Waals surface area contributed by atoms with Crippen molar-refractivity contribution < 1.29 is 30.7 Å². The van der Waals surface area contributed by atoms with Crippen LogP contribution in [0.2, 0.25) is 0 Å². The molecular weight excluding hydrogens is 371 g/mol. The molecule has 0 atom stereocenters. The second kappa shape index (κ2) is 4.82. The predicted octanol–water partition coefficient (Wildman–Crippen LogP) is 5.09. The van der Waals surface area contributed by atoms with E-state index < -0.39 is 29.1 Å². The summed E-state index contributed by atoms with van der Waals surface area (Å²) in [6.07, 6.45) is -11.4. The van der Waals surface area contributed by atoms with Gasteiger partial charge in [0.2, 0.25) is 0 Å². The number of pyridine rings is 1. The molecule has 0 saturated heterocycles. The van der Waals surface area contributed by atoms with Crippen molar-refractivity contribution in [3.8, 4) is 0 Å². The summed E-state index contributed by atoms with van der Waals surface area (Å²) in [6.45, 7) is 0. The Balaban J connectivity index is 2.91. The summed E-state index contributed by atoms with van der Waals surface area (Å²) in [5, 5.41) is -0.169. The number of hydrogen-bond acceptors (Lipinski definition) is 1. The van der Waals surface area contributed by atoms with Gasteiger partial charge in [-0.25, -0.2) is 4.39 Å². The molecule has 21 heavy (non-hydrogen) atoms. The van der Waals surface area contributed by atoms with Crippen LogP contribution in [0.1, 0.15) is 5.56 Å². The number of fused-ring (bicyclic) bond motifs is 1. The molecule has 113 valence electrons. The van der Waals surface area contributed by atoms with E-state index in [1.807, 2.05) is 0 Å². The third kappa shape index (κ3) is 2.47. The number of benzene rings is 1. The summed E-state index contributed by atoms with van der Waals surface area (Å²) in [5.41, 5.74) is -7.90. The van der Waals surface area contributed by atoms with Crippen LogP contribution in [0.3, 0.4) is 0 Å². The molecule has 2 rings (SSSR count). The van der Waals surface area contributed by atoms with Crippen molar-refractivity contribution in [2.75, 3.05) is 0 Å². The highest BCUT2D eigenvalue weighted by Crippen LogP contribution is 2.54. The summed E-state index contributed by atoms with van der Waals surface area (Å²) < 4.78 is 90.7. The van der Waals surface area contributed by atoms with Crippen molar-refractivity contribution in [3.05, 3.63) is 40.5 Å². The van der Waals surface area contributed by atoms with Gasteiger partial charge in [0, 0.05) is 27.7 Å². The van der Waals surface area contributed by atoms with E-state index in [4.69, 9.17) is 0 Å². The van der Waals surface area contributed by atoms with Gasteiger partial charge in [-0.1, -0.05) is 22.0 Å². The topological polar surface area (TPSA) is 12.9 Å². The maximum absolute atomic E-state index is 14.1. The molecule has 1 radical (unpaired) electrons. The molecule has 1 heterocycles. The van der Waals surface area contributed by atoms with Crippen LogP contribution in [0.5, 0.6) is 0 Å². The molecule has 0 amide bonds. The Hall–Kier alpha value is -1.38. The maximum Gasteiger partial charge on any atom is 0.436 e. The zero-order valence-electron chi connectivity index (χ0n) is 9.78. The molecule has 0 aliphatic rings. The summed E-state index contributed by atoms with van der Waals surface area (Å²) in [7, 11) is 0. The Morgan fingerprint density at radius 3 is 2.10 bits per heavy atom. The van der Waals surface area contributed by atoms with E-state index in [0.717, 1.165) is 6.20 Å². The number of alkyl halides is 7. The van der Waals surface area contributed by atoms with E-state index in [1.165, 1.54) is 12.1 Å². The fourth-order valence-electron chi connectivity index (χ4n) is 1.81. The molecule has 1 aromatic carbocycles. The predicted molar refractivity (Wildman–Crippen MR) is 63.2 cm³/mol. The minimum atomic E-state index is -6.18. The Labute approximate surface area is 121 Å². The highest BCUT2D eigenvalue weighted by atomic mass is 79.9. The van der Waals surface area contributed by atoms with Crippen LogP contribution < -0.4 is 0 Å². The molecule has 9 heteroatoms. The lowest BCUT2D eigenvalue weighted by Crippen LogP contribution is -2.50. The van der Waals surface area contributed by atoms with Gasteiger partial charge in [-0.3, -0.25) is 4.98 Å². The Kier molecular flexibility index (Phi) is 3.67. The van der Waals surface area contributed by atoms with Crippen molar-refractivity contribution in [2.24, 2.45) is 0 Å². The Morgan fingerprint density at radius 1 is 1.00 bits per heavy atom. The van der Waals surface area contributed by atoms with Gasteiger partial charge in [0.1, 0.15) is 0 Å². The normalized spacial score (nSPS) is 13.7.